The lowest BCUT2D eigenvalue weighted by atomic mass is 10.2. The zero-order valence-electron chi connectivity index (χ0n) is 9.90. The van der Waals surface area contributed by atoms with Crippen molar-refractivity contribution in [1.29, 1.82) is 5.26 Å². The third kappa shape index (κ3) is 3.79. The molecule has 0 saturated heterocycles. The van der Waals surface area contributed by atoms with Crippen LogP contribution in [0.1, 0.15) is 18.9 Å². The van der Waals surface area contributed by atoms with Crippen LogP contribution in [-0.2, 0) is 4.79 Å². The molecule has 0 atom stereocenters. The molecule has 0 fully saturated rings. The number of nitriles is 1. The molecule has 0 bridgehead atoms. The summed E-state index contributed by atoms with van der Waals surface area (Å²) in [7, 11) is 0. The smallest absolute Gasteiger partial charge is 0.331 e. The van der Waals surface area contributed by atoms with Crippen LogP contribution in [0.2, 0.25) is 5.02 Å². The average Bonchev–Trinajstić information content (AvgIpc) is 2.35. The van der Waals surface area contributed by atoms with E-state index in [2.05, 4.69) is 5.32 Å². The summed E-state index contributed by atoms with van der Waals surface area (Å²) in [6.45, 7) is 2.16. The number of rotatable bonds is 5. The average molecular weight is 265 g/mol. The Labute approximate surface area is 110 Å². The van der Waals surface area contributed by atoms with E-state index in [1.807, 2.05) is 6.07 Å². The SMILES string of the molecule is CC/C(=C/CNc1ccc(C#N)cc1Cl)C(=O)O. The highest BCUT2D eigenvalue weighted by atomic mass is 35.5. The van der Waals surface area contributed by atoms with Crippen molar-refractivity contribution in [2.45, 2.75) is 13.3 Å². The third-order valence-corrected chi connectivity index (χ3v) is 2.71. The van der Waals surface area contributed by atoms with Gasteiger partial charge in [-0.1, -0.05) is 24.6 Å². The molecular formula is C13H13ClN2O2. The van der Waals surface area contributed by atoms with E-state index in [1.54, 1.807) is 31.2 Å². The number of aliphatic carboxylic acids is 1. The van der Waals surface area contributed by atoms with Gasteiger partial charge in [-0.3, -0.25) is 0 Å². The predicted molar refractivity (Wildman–Crippen MR) is 70.7 cm³/mol. The molecule has 18 heavy (non-hydrogen) atoms. The fourth-order valence-electron chi connectivity index (χ4n) is 1.40. The standard InChI is InChI=1S/C13H13ClN2O2/c1-2-10(13(17)18)5-6-16-12-4-3-9(8-15)7-11(12)14/h3-5,7,16H,2,6H2,1H3,(H,17,18)/b10-5-. The van der Waals surface area contributed by atoms with Gasteiger partial charge in [0.1, 0.15) is 0 Å². The molecular weight excluding hydrogens is 252 g/mol. The number of nitrogens with one attached hydrogen (secondary N) is 1. The van der Waals surface area contributed by atoms with Gasteiger partial charge in [0.15, 0.2) is 0 Å². The topological polar surface area (TPSA) is 73.1 Å². The Morgan fingerprint density at radius 1 is 1.61 bits per heavy atom. The van der Waals surface area contributed by atoms with Crippen LogP contribution in [0, 0.1) is 11.3 Å². The van der Waals surface area contributed by atoms with Gasteiger partial charge in [-0.15, -0.1) is 0 Å². The first-order valence-corrected chi connectivity index (χ1v) is 5.82. The maximum Gasteiger partial charge on any atom is 0.331 e. The second-order valence-corrected chi connectivity index (χ2v) is 3.98. The maximum atomic E-state index is 10.8. The number of hydrogen-bond acceptors (Lipinski definition) is 3. The Balaban J connectivity index is 2.70. The Kier molecular flexibility index (Phi) is 5.22. The molecule has 94 valence electrons. The Bertz CT molecular complexity index is 518. The van der Waals surface area contributed by atoms with Crippen molar-refractivity contribution >= 4 is 23.3 Å². The normalized spacial score (nSPS) is 10.8. The zero-order valence-corrected chi connectivity index (χ0v) is 10.7. The number of carboxylic acid groups (broad SMARTS) is 1. The monoisotopic (exact) mass is 264 g/mol. The quantitative estimate of drug-likeness (QED) is 0.802. The van der Waals surface area contributed by atoms with Gasteiger partial charge in [0.05, 0.1) is 22.3 Å². The summed E-state index contributed by atoms with van der Waals surface area (Å²) in [5.74, 6) is -0.912. The Hall–Kier alpha value is -1.99. The first-order valence-electron chi connectivity index (χ1n) is 5.44. The number of carboxylic acids is 1. The number of benzene rings is 1. The largest absolute Gasteiger partial charge is 0.478 e. The Morgan fingerprint density at radius 3 is 2.83 bits per heavy atom. The third-order valence-electron chi connectivity index (χ3n) is 2.39. The second kappa shape index (κ2) is 6.67. The molecule has 1 aromatic carbocycles. The van der Waals surface area contributed by atoms with E-state index in [0.29, 0.717) is 34.8 Å². The molecule has 0 aromatic heterocycles. The molecule has 0 spiro atoms. The fourth-order valence-corrected chi connectivity index (χ4v) is 1.64. The summed E-state index contributed by atoms with van der Waals surface area (Å²) in [4.78, 5) is 10.8. The second-order valence-electron chi connectivity index (χ2n) is 3.58. The lowest BCUT2D eigenvalue weighted by Gasteiger charge is -2.06. The zero-order chi connectivity index (χ0) is 13.5. The number of hydrogen-bond donors (Lipinski definition) is 2. The van der Waals surface area contributed by atoms with Crippen molar-refractivity contribution in [3.8, 4) is 6.07 Å². The summed E-state index contributed by atoms with van der Waals surface area (Å²) in [6.07, 6.45) is 2.08. The van der Waals surface area contributed by atoms with Gasteiger partial charge >= 0.3 is 5.97 Å². The lowest BCUT2D eigenvalue weighted by Crippen LogP contribution is -2.05. The van der Waals surface area contributed by atoms with Gasteiger partial charge in [0.25, 0.3) is 0 Å². The van der Waals surface area contributed by atoms with Gasteiger partial charge in [-0.2, -0.15) is 5.26 Å². The molecule has 0 aliphatic heterocycles. The van der Waals surface area contributed by atoms with Crippen LogP contribution in [0.3, 0.4) is 0 Å². The van der Waals surface area contributed by atoms with Gasteiger partial charge in [-0.05, 0) is 24.6 Å². The first kappa shape index (κ1) is 14.1. The number of anilines is 1. The van der Waals surface area contributed by atoms with E-state index in [-0.39, 0.29) is 0 Å². The first-order chi connectivity index (χ1) is 8.58. The summed E-state index contributed by atoms with van der Waals surface area (Å²) < 4.78 is 0. The molecule has 0 aliphatic rings. The van der Waals surface area contributed by atoms with E-state index in [9.17, 15) is 4.79 Å². The van der Waals surface area contributed by atoms with E-state index in [0.717, 1.165) is 0 Å². The van der Waals surface area contributed by atoms with Crippen LogP contribution in [-0.4, -0.2) is 17.6 Å². The van der Waals surface area contributed by atoms with Gasteiger partial charge < -0.3 is 10.4 Å². The highest BCUT2D eigenvalue weighted by Gasteiger charge is 2.04. The minimum Gasteiger partial charge on any atom is -0.478 e. The van der Waals surface area contributed by atoms with Crippen molar-refractivity contribution in [1.82, 2.24) is 0 Å². The number of carbonyl (C=O) groups is 1. The molecule has 0 saturated carbocycles. The summed E-state index contributed by atoms with van der Waals surface area (Å²) in [5, 5.41) is 21.0. The van der Waals surface area contributed by atoms with Crippen LogP contribution in [0.4, 0.5) is 5.69 Å². The van der Waals surface area contributed by atoms with E-state index < -0.39 is 5.97 Å². The molecule has 2 N–H and O–H groups in total. The molecule has 0 amide bonds. The van der Waals surface area contributed by atoms with E-state index in [4.69, 9.17) is 22.0 Å². The van der Waals surface area contributed by atoms with Crippen LogP contribution in [0.5, 0.6) is 0 Å². The highest BCUT2D eigenvalue weighted by molar-refractivity contribution is 6.33. The summed E-state index contributed by atoms with van der Waals surface area (Å²) in [6, 6.07) is 6.90. The fraction of sp³-hybridized carbons (Fsp3) is 0.231. The summed E-state index contributed by atoms with van der Waals surface area (Å²) in [5.41, 5.74) is 1.51. The molecule has 0 heterocycles. The molecule has 0 unspecified atom stereocenters. The molecule has 1 rings (SSSR count). The van der Waals surface area contributed by atoms with Crippen LogP contribution < -0.4 is 5.32 Å². The molecule has 1 aromatic rings. The van der Waals surface area contributed by atoms with Gasteiger partial charge in [0, 0.05) is 12.1 Å². The maximum absolute atomic E-state index is 10.8. The minimum atomic E-state index is -0.912. The van der Waals surface area contributed by atoms with Crippen molar-refractivity contribution < 1.29 is 9.90 Å². The molecule has 0 aliphatic carbocycles. The number of halogens is 1. The van der Waals surface area contributed by atoms with Gasteiger partial charge in [0.2, 0.25) is 0 Å². The van der Waals surface area contributed by atoms with Crippen molar-refractivity contribution in [2.24, 2.45) is 0 Å². The van der Waals surface area contributed by atoms with Crippen LogP contribution in [0.25, 0.3) is 0 Å². The van der Waals surface area contributed by atoms with Crippen molar-refractivity contribution in [2.75, 3.05) is 11.9 Å². The highest BCUT2D eigenvalue weighted by Crippen LogP contribution is 2.22. The van der Waals surface area contributed by atoms with E-state index >= 15 is 0 Å². The van der Waals surface area contributed by atoms with Crippen molar-refractivity contribution in [3.63, 3.8) is 0 Å². The summed E-state index contributed by atoms with van der Waals surface area (Å²) >= 11 is 5.97. The van der Waals surface area contributed by atoms with Crippen molar-refractivity contribution in [3.05, 3.63) is 40.4 Å². The Morgan fingerprint density at radius 2 is 2.33 bits per heavy atom. The van der Waals surface area contributed by atoms with Crippen LogP contribution in [0.15, 0.2) is 29.8 Å². The molecule has 4 nitrogen and oxygen atoms in total. The van der Waals surface area contributed by atoms with E-state index in [1.165, 1.54) is 0 Å². The molecule has 5 heteroatoms. The lowest BCUT2D eigenvalue weighted by molar-refractivity contribution is -0.132. The number of nitrogens with zero attached hydrogens (tertiary/aromatic N) is 1. The predicted octanol–water partition coefficient (Wildman–Crippen LogP) is 3.04. The minimum absolute atomic E-state index is 0.354. The molecule has 0 radical (unpaired) electrons. The van der Waals surface area contributed by atoms with Gasteiger partial charge in [-0.25, -0.2) is 4.79 Å². The van der Waals surface area contributed by atoms with Crippen LogP contribution >= 0.6 is 11.6 Å².